The summed E-state index contributed by atoms with van der Waals surface area (Å²) < 4.78 is 17.5. The molecule has 9 heteroatoms. The Morgan fingerprint density at radius 1 is 0.339 bits per heavy atom. The molecule has 0 atom stereocenters. The van der Waals surface area contributed by atoms with E-state index in [-0.39, 0.29) is 44.1 Å². The van der Waals surface area contributed by atoms with Crippen LogP contribution in [0.25, 0.3) is 0 Å². The van der Waals surface area contributed by atoms with Gasteiger partial charge in [-0.15, -0.1) is 0 Å². The van der Waals surface area contributed by atoms with E-state index < -0.39 is 5.41 Å². The van der Waals surface area contributed by atoms with E-state index in [0.717, 1.165) is 35.2 Å². The van der Waals surface area contributed by atoms with Crippen molar-refractivity contribution in [3.05, 3.63) is 0 Å². The van der Waals surface area contributed by atoms with E-state index in [0.29, 0.717) is 18.6 Å². The van der Waals surface area contributed by atoms with Gasteiger partial charge < -0.3 is 14.2 Å². The van der Waals surface area contributed by atoms with Crippen LogP contribution in [0.3, 0.4) is 0 Å². The van der Waals surface area contributed by atoms with E-state index in [1.54, 1.807) is 18.7 Å². The maximum atomic E-state index is 13.0. The summed E-state index contributed by atoms with van der Waals surface area (Å²) >= 11 is 5.45. The van der Waals surface area contributed by atoms with E-state index in [4.69, 9.17) is 14.2 Å². The Balaban J connectivity index is 4.85. The fraction of sp³-hybridized carbons (Fsp3) is 0.940. The quantitative estimate of drug-likeness (QED) is 0.0337. The summed E-state index contributed by atoms with van der Waals surface area (Å²) in [6.45, 7) is 8.82. The molecule has 350 valence electrons. The first-order chi connectivity index (χ1) is 28.9. The number of carbonyl (C=O) groups is 3. The third kappa shape index (κ3) is 42.5. The Bertz CT molecular complexity index is 873. The predicted octanol–water partition coefficient (Wildman–Crippen LogP) is 15.8. The predicted molar refractivity (Wildman–Crippen MR) is 262 cm³/mol. The van der Waals surface area contributed by atoms with Crippen molar-refractivity contribution >= 4 is 53.2 Å². The molecule has 0 amide bonds. The van der Waals surface area contributed by atoms with Crippen molar-refractivity contribution in [1.82, 2.24) is 0 Å². The standard InChI is InChI=1S/C50H96O6S3/c1-5-9-12-15-18-21-24-27-30-33-38-57-41-36-48(52)55-44-50(43-54-47(51)8-4,46-59-40-35-32-29-26-23-20-17-14-11-7-3)45-56-49(53)37-42-58-39-34-31-28-25-22-19-16-13-10-6-2/h5-46H2,1-4H3. The molecule has 59 heavy (non-hydrogen) atoms. The molecular formula is C50H96O6S3. The minimum Gasteiger partial charge on any atom is -0.465 e. The van der Waals surface area contributed by atoms with Gasteiger partial charge in [0.1, 0.15) is 19.8 Å². The smallest absolute Gasteiger partial charge is 0.306 e. The van der Waals surface area contributed by atoms with Crippen molar-refractivity contribution in [1.29, 1.82) is 0 Å². The zero-order valence-electron chi connectivity index (χ0n) is 39.4. The van der Waals surface area contributed by atoms with Crippen molar-refractivity contribution in [2.75, 3.05) is 54.3 Å². The number of unbranched alkanes of at least 4 members (excludes halogenated alkanes) is 27. The van der Waals surface area contributed by atoms with Gasteiger partial charge in [-0.2, -0.15) is 35.3 Å². The third-order valence-electron chi connectivity index (χ3n) is 11.1. The number of hydrogen-bond acceptors (Lipinski definition) is 9. The SMILES string of the molecule is CCCCCCCCCCCCSCCC(=O)OCC(COC(=O)CC)(COC(=O)CCSCCCCCCCCCCCC)CSCCCCCCCCCCCC. The fourth-order valence-corrected chi connectivity index (χ4v) is 10.2. The van der Waals surface area contributed by atoms with Crippen LogP contribution in [0.2, 0.25) is 0 Å². The van der Waals surface area contributed by atoms with Crippen LogP contribution in [0.5, 0.6) is 0 Å². The second kappa shape index (κ2) is 47.0. The van der Waals surface area contributed by atoms with Crippen LogP contribution in [0.1, 0.15) is 240 Å². The van der Waals surface area contributed by atoms with Crippen molar-refractivity contribution in [2.45, 2.75) is 240 Å². The van der Waals surface area contributed by atoms with Gasteiger partial charge in [-0.3, -0.25) is 14.4 Å². The second-order valence-corrected chi connectivity index (χ2v) is 20.7. The number of rotatable bonds is 48. The largest absolute Gasteiger partial charge is 0.465 e. The average Bonchev–Trinajstić information content (AvgIpc) is 3.24. The average molecular weight is 890 g/mol. The first kappa shape index (κ1) is 58.5. The maximum absolute atomic E-state index is 13.0. The van der Waals surface area contributed by atoms with E-state index in [1.807, 2.05) is 23.5 Å². The van der Waals surface area contributed by atoms with Crippen molar-refractivity contribution < 1.29 is 28.6 Å². The molecule has 0 spiro atoms. The molecule has 6 nitrogen and oxygen atoms in total. The van der Waals surface area contributed by atoms with Crippen LogP contribution in [0, 0.1) is 5.41 Å². The van der Waals surface area contributed by atoms with Crippen LogP contribution in [0.15, 0.2) is 0 Å². The Kier molecular flexibility index (Phi) is 46.5. The highest BCUT2D eigenvalue weighted by molar-refractivity contribution is 7.99. The monoisotopic (exact) mass is 889 g/mol. The molecule has 0 rings (SSSR count). The number of hydrogen-bond donors (Lipinski definition) is 0. The molecular weight excluding hydrogens is 793 g/mol. The lowest BCUT2D eigenvalue weighted by molar-refractivity contribution is -0.159. The summed E-state index contributed by atoms with van der Waals surface area (Å²) in [6.07, 6.45) is 40.5. The van der Waals surface area contributed by atoms with E-state index in [2.05, 4.69) is 20.8 Å². The molecule has 0 aromatic rings. The second-order valence-electron chi connectivity index (χ2n) is 17.2. The zero-order valence-corrected chi connectivity index (χ0v) is 41.8. The van der Waals surface area contributed by atoms with Crippen LogP contribution < -0.4 is 0 Å². The van der Waals surface area contributed by atoms with Crippen molar-refractivity contribution in [3.8, 4) is 0 Å². The summed E-state index contributed by atoms with van der Waals surface area (Å²) in [6, 6.07) is 0. The molecule has 0 aliphatic heterocycles. The van der Waals surface area contributed by atoms with Crippen LogP contribution in [-0.2, 0) is 28.6 Å². The Hall–Kier alpha value is -0.540. The van der Waals surface area contributed by atoms with Crippen molar-refractivity contribution in [3.63, 3.8) is 0 Å². The molecule has 0 heterocycles. The van der Waals surface area contributed by atoms with Gasteiger partial charge in [0, 0.05) is 23.7 Å². The maximum Gasteiger partial charge on any atom is 0.306 e. The van der Waals surface area contributed by atoms with Gasteiger partial charge in [-0.1, -0.05) is 201 Å². The Morgan fingerprint density at radius 3 is 0.915 bits per heavy atom. The topological polar surface area (TPSA) is 78.9 Å². The van der Waals surface area contributed by atoms with Gasteiger partial charge in [0.2, 0.25) is 0 Å². The van der Waals surface area contributed by atoms with Gasteiger partial charge in [0.25, 0.3) is 0 Å². The minimum atomic E-state index is -0.772. The molecule has 0 fully saturated rings. The number of carbonyl (C=O) groups excluding carboxylic acids is 3. The van der Waals surface area contributed by atoms with Gasteiger partial charge in [0.05, 0.1) is 18.3 Å². The lowest BCUT2D eigenvalue weighted by Gasteiger charge is -2.32. The first-order valence-corrected chi connectivity index (χ1v) is 28.6. The van der Waals surface area contributed by atoms with E-state index >= 15 is 0 Å². The molecule has 0 aliphatic rings. The van der Waals surface area contributed by atoms with Gasteiger partial charge in [-0.05, 0) is 36.5 Å². The molecule has 0 bridgehead atoms. The molecule has 0 aromatic heterocycles. The number of thioether (sulfide) groups is 3. The van der Waals surface area contributed by atoms with Crippen LogP contribution in [-0.4, -0.2) is 72.2 Å². The molecule has 0 aromatic carbocycles. The lowest BCUT2D eigenvalue weighted by atomic mass is 9.93. The summed E-state index contributed by atoms with van der Waals surface area (Å²) in [5, 5.41) is 0. The lowest BCUT2D eigenvalue weighted by Crippen LogP contribution is -2.42. The molecule has 0 radical (unpaired) electrons. The third-order valence-corrected chi connectivity index (χ3v) is 14.7. The Labute approximate surface area is 379 Å². The first-order valence-electron chi connectivity index (χ1n) is 25.1. The normalized spacial score (nSPS) is 11.6. The zero-order chi connectivity index (χ0) is 43.2. The fourth-order valence-electron chi connectivity index (χ4n) is 7.08. The van der Waals surface area contributed by atoms with E-state index in [9.17, 15) is 14.4 Å². The highest BCUT2D eigenvalue weighted by Gasteiger charge is 2.36. The van der Waals surface area contributed by atoms with Gasteiger partial charge >= 0.3 is 17.9 Å². The molecule has 0 saturated heterocycles. The molecule has 0 N–H and O–H groups in total. The number of ether oxygens (including phenoxy) is 3. The molecule has 0 unspecified atom stereocenters. The minimum absolute atomic E-state index is 0.0756. The van der Waals surface area contributed by atoms with Crippen molar-refractivity contribution in [2.24, 2.45) is 5.41 Å². The van der Waals surface area contributed by atoms with Gasteiger partial charge in [-0.25, -0.2) is 0 Å². The Morgan fingerprint density at radius 2 is 0.610 bits per heavy atom. The van der Waals surface area contributed by atoms with Crippen LogP contribution >= 0.6 is 35.3 Å². The summed E-state index contributed by atoms with van der Waals surface area (Å²) in [5.41, 5.74) is -0.772. The highest BCUT2D eigenvalue weighted by Crippen LogP contribution is 2.28. The summed E-state index contributed by atoms with van der Waals surface area (Å²) in [4.78, 5) is 38.3. The molecule has 0 aliphatic carbocycles. The molecule has 0 saturated carbocycles. The number of esters is 3. The van der Waals surface area contributed by atoms with E-state index in [1.165, 1.54) is 186 Å². The van der Waals surface area contributed by atoms with Crippen LogP contribution in [0.4, 0.5) is 0 Å². The highest BCUT2D eigenvalue weighted by atomic mass is 32.2. The van der Waals surface area contributed by atoms with Gasteiger partial charge in [0.15, 0.2) is 0 Å². The summed E-state index contributed by atoms with van der Waals surface area (Å²) in [5.74, 6) is 4.45. The summed E-state index contributed by atoms with van der Waals surface area (Å²) in [7, 11) is 0.